The fraction of sp³-hybridized carbons (Fsp3) is 0.619. The summed E-state index contributed by atoms with van der Waals surface area (Å²) in [7, 11) is -0.823. The first-order chi connectivity index (χ1) is 14.2. The van der Waals surface area contributed by atoms with Crippen LogP contribution >= 0.6 is 0 Å². The first kappa shape index (κ1) is 22.6. The largest absolute Gasteiger partial charge is 0.449 e. The van der Waals surface area contributed by atoms with Crippen LogP contribution < -0.4 is 10.2 Å². The van der Waals surface area contributed by atoms with Crippen molar-refractivity contribution in [3.05, 3.63) is 23.8 Å². The molecule has 166 valence electrons. The van der Waals surface area contributed by atoms with Crippen LogP contribution in [0.3, 0.4) is 0 Å². The van der Waals surface area contributed by atoms with Gasteiger partial charge in [-0.05, 0) is 50.8 Å². The summed E-state index contributed by atoms with van der Waals surface area (Å²) >= 11 is 0. The smallest absolute Gasteiger partial charge is 0.341 e. The van der Waals surface area contributed by atoms with E-state index in [2.05, 4.69) is 5.32 Å². The Bertz CT molecular complexity index is 888. The topological polar surface area (TPSA) is 96.0 Å². The zero-order valence-corrected chi connectivity index (χ0v) is 18.7. The van der Waals surface area contributed by atoms with Gasteiger partial charge in [0.2, 0.25) is 10.0 Å². The van der Waals surface area contributed by atoms with E-state index in [1.807, 2.05) is 4.90 Å². The van der Waals surface area contributed by atoms with E-state index in [1.165, 1.54) is 33.2 Å². The van der Waals surface area contributed by atoms with Gasteiger partial charge in [-0.2, -0.15) is 0 Å². The number of esters is 1. The van der Waals surface area contributed by atoms with E-state index in [-0.39, 0.29) is 22.4 Å². The van der Waals surface area contributed by atoms with Gasteiger partial charge in [-0.1, -0.05) is 12.8 Å². The van der Waals surface area contributed by atoms with Crippen LogP contribution in [0.2, 0.25) is 0 Å². The van der Waals surface area contributed by atoms with Crippen LogP contribution in [0.1, 0.15) is 55.8 Å². The summed E-state index contributed by atoms with van der Waals surface area (Å²) in [5.74, 6) is -1.02. The molecule has 1 heterocycles. The molecule has 1 saturated carbocycles. The Balaban J connectivity index is 1.83. The maximum atomic E-state index is 13.0. The van der Waals surface area contributed by atoms with Crippen molar-refractivity contribution in [2.75, 3.05) is 32.1 Å². The number of carbonyl (C=O) groups is 2. The van der Waals surface area contributed by atoms with Crippen molar-refractivity contribution in [1.82, 2.24) is 9.62 Å². The minimum absolute atomic E-state index is 0.0189. The summed E-state index contributed by atoms with van der Waals surface area (Å²) in [4.78, 5) is 27.5. The molecule has 0 radical (unpaired) electrons. The van der Waals surface area contributed by atoms with Crippen LogP contribution in [0.4, 0.5) is 5.69 Å². The summed E-state index contributed by atoms with van der Waals surface area (Å²) < 4.78 is 31.7. The van der Waals surface area contributed by atoms with Gasteiger partial charge in [-0.3, -0.25) is 4.79 Å². The number of hydrogen-bond donors (Lipinski definition) is 1. The van der Waals surface area contributed by atoms with E-state index in [9.17, 15) is 18.0 Å². The minimum Gasteiger partial charge on any atom is -0.449 e. The van der Waals surface area contributed by atoms with Crippen molar-refractivity contribution in [3.63, 3.8) is 0 Å². The number of hydrogen-bond acceptors (Lipinski definition) is 6. The molecule has 1 amide bonds. The molecule has 2 fully saturated rings. The Kier molecular flexibility index (Phi) is 7.02. The Morgan fingerprint density at radius 3 is 2.37 bits per heavy atom. The summed E-state index contributed by atoms with van der Waals surface area (Å²) in [6.07, 6.45) is 5.11. The van der Waals surface area contributed by atoms with E-state index in [0.29, 0.717) is 5.69 Å². The normalized spacial score (nSPS) is 18.6. The van der Waals surface area contributed by atoms with Crippen molar-refractivity contribution in [1.29, 1.82) is 0 Å². The Morgan fingerprint density at radius 2 is 1.77 bits per heavy atom. The van der Waals surface area contributed by atoms with Crippen molar-refractivity contribution in [3.8, 4) is 0 Å². The lowest BCUT2D eigenvalue weighted by Crippen LogP contribution is -2.41. The van der Waals surface area contributed by atoms with Crippen LogP contribution in [0.15, 0.2) is 23.1 Å². The molecule has 8 nitrogen and oxygen atoms in total. The molecule has 1 aromatic rings. The van der Waals surface area contributed by atoms with Crippen LogP contribution in [0, 0.1) is 0 Å². The number of carbonyl (C=O) groups excluding carboxylic acids is 2. The lowest BCUT2D eigenvalue weighted by atomic mass is 10.1. The quantitative estimate of drug-likeness (QED) is 0.657. The fourth-order valence-electron chi connectivity index (χ4n) is 3.95. The SMILES string of the molecule is C[C@@H](OC(=O)c1cc(S(=O)(=O)N(C)C)ccc1N1CCCC1)C(=O)NC1CCCC1. The third-order valence-corrected chi connectivity index (χ3v) is 7.58. The standard InChI is InChI=1S/C21H31N3O5S/c1-15(20(25)22-16-8-4-5-9-16)29-21(26)18-14-17(30(27,28)23(2)3)10-11-19(18)24-12-6-7-13-24/h10-11,14-16H,4-9,12-13H2,1-3H3,(H,22,25)/t15-/m1/s1. The van der Waals surface area contributed by atoms with Crippen molar-refractivity contribution in [2.24, 2.45) is 0 Å². The predicted molar refractivity (Wildman–Crippen MR) is 114 cm³/mol. The second-order valence-corrected chi connectivity index (χ2v) is 10.3. The summed E-state index contributed by atoms with van der Waals surface area (Å²) in [6, 6.07) is 4.65. The van der Waals surface area contributed by atoms with Crippen LogP contribution in [0.5, 0.6) is 0 Å². The number of amides is 1. The molecule has 0 aromatic heterocycles. The van der Waals surface area contributed by atoms with Crippen LogP contribution in [-0.4, -0.2) is 63.9 Å². The van der Waals surface area contributed by atoms with E-state index in [1.54, 1.807) is 6.07 Å². The highest BCUT2D eigenvalue weighted by Gasteiger charge is 2.28. The first-order valence-electron chi connectivity index (χ1n) is 10.5. The fourth-order valence-corrected chi connectivity index (χ4v) is 4.88. The molecule has 3 rings (SSSR count). The molecule has 1 atom stereocenters. The Morgan fingerprint density at radius 1 is 1.13 bits per heavy atom. The van der Waals surface area contributed by atoms with E-state index in [0.717, 1.165) is 55.9 Å². The molecule has 0 unspecified atom stereocenters. The second-order valence-electron chi connectivity index (χ2n) is 8.20. The molecular weight excluding hydrogens is 406 g/mol. The molecule has 1 N–H and O–H groups in total. The van der Waals surface area contributed by atoms with Crippen LogP contribution in [-0.2, 0) is 19.6 Å². The highest BCUT2D eigenvalue weighted by Crippen LogP contribution is 2.29. The molecule has 2 aliphatic rings. The Hall–Kier alpha value is -2.13. The monoisotopic (exact) mass is 437 g/mol. The number of nitrogens with zero attached hydrogens (tertiary/aromatic N) is 2. The third kappa shape index (κ3) is 4.95. The third-order valence-electron chi connectivity index (χ3n) is 5.77. The van der Waals surface area contributed by atoms with Gasteiger partial charge in [0.1, 0.15) is 0 Å². The van der Waals surface area contributed by atoms with Gasteiger partial charge in [-0.25, -0.2) is 17.5 Å². The lowest BCUT2D eigenvalue weighted by molar-refractivity contribution is -0.129. The van der Waals surface area contributed by atoms with Gasteiger partial charge in [0.05, 0.1) is 16.1 Å². The Labute approximate surface area is 178 Å². The van der Waals surface area contributed by atoms with Crippen molar-refractivity contribution in [2.45, 2.75) is 62.5 Å². The molecular formula is C21H31N3O5S. The van der Waals surface area contributed by atoms with Gasteiger partial charge in [-0.15, -0.1) is 0 Å². The summed E-state index contributed by atoms with van der Waals surface area (Å²) in [5.41, 5.74) is 0.805. The maximum absolute atomic E-state index is 13.0. The second kappa shape index (κ2) is 9.34. The molecule has 1 aliphatic heterocycles. The zero-order chi connectivity index (χ0) is 21.9. The average molecular weight is 438 g/mol. The highest BCUT2D eigenvalue weighted by molar-refractivity contribution is 7.89. The number of ether oxygens (including phenoxy) is 1. The maximum Gasteiger partial charge on any atom is 0.341 e. The van der Waals surface area contributed by atoms with Gasteiger partial charge in [0, 0.05) is 33.2 Å². The number of sulfonamides is 1. The van der Waals surface area contributed by atoms with Gasteiger partial charge in [0.25, 0.3) is 5.91 Å². The molecule has 30 heavy (non-hydrogen) atoms. The van der Waals surface area contributed by atoms with Crippen molar-refractivity contribution < 1.29 is 22.7 Å². The van der Waals surface area contributed by atoms with Crippen molar-refractivity contribution >= 4 is 27.6 Å². The molecule has 0 spiro atoms. The summed E-state index contributed by atoms with van der Waals surface area (Å²) in [6.45, 7) is 3.12. The average Bonchev–Trinajstić information content (AvgIpc) is 3.41. The van der Waals surface area contributed by atoms with E-state index < -0.39 is 22.1 Å². The minimum atomic E-state index is -3.71. The van der Waals surface area contributed by atoms with Gasteiger partial charge < -0.3 is 15.0 Å². The molecule has 1 aliphatic carbocycles. The highest BCUT2D eigenvalue weighted by atomic mass is 32.2. The van der Waals surface area contributed by atoms with E-state index >= 15 is 0 Å². The van der Waals surface area contributed by atoms with E-state index in [4.69, 9.17) is 4.74 Å². The molecule has 1 aromatic carbocycles. The predicted octanol–water partition coefficient (Wildman–Crippen LogP) is 2.14. The molecule has 1 saturated heterocycles. The lowest BCUT2D eigenvalue weighted by Gasteiger charge is -2.23. The number of anilines is 1. The number of nitrogens with one attached hydrogen (secondary N) is 1. The molecule has 0 bridgehead atoms. The summed E-state index contributed by atoms with van der Waals surface area (Å²) in [5, 5.41) is 2.93. The number of benzene rings is 1. The van der Waals surface area contributed by atoms with Crippen LogP contribution in [0.25, 0.3) is 0 Å². The van der Waals surface area contributed by atoms with Gasteiger partial charge >= 0.3 is 5.97 Å². The number of rotatable bonds is 7. The zero-order valence-electron chi connectivity index (χ0n) is 17.9. The van der Waals surface area contributed by atoms with Gasteiger partial charge in [0.15, 0.2) is 6.10 Å². The molecule has 9 heteroatoms. The first-order valence-corrected chi connectivity index (χ1v) is 12.0.